The first-order valence-corrected chi connectivity index (χ1v) is 4.47. The lowest BCUT2D eigenvalue weighted by Crippen LogP contribution is -2.51. The van der Waals surface area contributed by atoms with Crippen molar-refractivity contribution < 1.29 is 9.59 Å². The standard InChI is InChI=1S/C9H16N2O2/c1-9(2,3)6-11-5-4-7(12)10-8(11)13/h4-6H2,1-3H3,(H,10,12,13). The largest absolute Gasteiger partial charge is 0.324 e. The molecule has 0 atom stereocenters. The van der Waals surface area contributed by atoms with Gasteiger partial charge >= 0.3 is 6.03 Å². The van der Waals surface area contributed by atoms with Crippen LogP contribution in [0.15, 0.2) is 0 Å². The van der Waals surface area contributed by atoms with E-state index in [1.807, 2.05) is 0 Å². The zero-order chi connectivity index (χ0) is 10.1. The van der Waals surface area contributed by atoms with Gasteiger partial charge in [-0.2, -0.15) is 0 Å². The lowest BCUT2D eigenvalue weighted by molar-refractivity contribution is -0.121. The number of nitrogens with one attached hydrogen (secondary N) is 1. The zero-order valence-electron chi connectivity index (χ0n) is 8.39. The van der Waals surface area contributed by atoms with Crippen LogP contribution in [0.2, 0.25) is 0 Å². The van der Waals surface area contributed by atoms with E-state index in [1.54, 1.807) is 4.90 Å². The molecule has 0 unspecified atom stereocenters. The third-order valence-electron chi connectivity index (χ3n) is 1.81. The molecule has 0 aromatic carbocycles. The van der Waals surface area contributed by atoms with Crippen LogP contribution in [0.5, 0.6) is 0 Å². The molecule has 1 rings (SSSR count). The second kappa shape index (κ2) is 3.36. The van der Waals surface area contributed by atoms with Gasteiger partial charge in [-0.05, 0) is 5.41 Å². The molecule has 0 bridgehead atoms. The third kappa shape index (κ3) is 3.05. The summed E-state index contributed by atoms with van der Waals surface area (Å²) in [6.07, 6.45) is 0.418. The molecular formula is C9H16N2O2. The number of amides is 3. The summed E-state index contributed by atoms with van der Waals surface area (Å²) < 4.78 is 0. The number of carbonyl (C=O) groups excluding carboxylic acids is 2. The summed E-state index contributed by atoms with van der Waals surface area (Å²) in [4.78, 5) is 23.8. The van der Waals surface area contributed by atoms with Gasteiger partial charge in [0.25, 0.3) is 0 Å². The first kappa shape index (κ1) is 10.0. The van der Waals surface area contributed by atoms with Gasteiger partial charge in [-0.1, -0.05) is 20.8 Å². The average molecular weight is 184 g/mol. The second-order valence-electron chi connectivity index (χ2n) is 4.59. The van der Waals surface area contributed by atoms with Gasteiger partial charge in [0.2, 0.25) is 5.91 Å². The summed E-state index contributed by atoms with van der Waals surface area (Å²) in [5.41, 5.74) is 0.0811. The summed E-state index contributed by atoms with van der Waals surface area (Å²) in [5.74, 6) is -0.171. The Morgan fingerprint density at radius 3 is 2.46 bits per heavy atom. The Kier molecular flexibility index (Phi) is 2.59. The molecule has 4 nitrogen and oxygen atoms in total. The molecule has 1 aliphatic rings. The summed E-state index contributed by atoms with van der Waals surface area (Å²) in [6, 6.07) is -0.258. The van der Waals surface area contributed by atoms with Crippen LogP contribution in [0.3, 0.4) is 0 Å². The molecule has 1 heterocycles. The fourth-order valence-electron chi connectivity index (χ4n) is 1.32. The summed E-state index contributed by atoms with van der Waals surface area (Å²) in [6.45, 7) is 7.43. The highest BCUT2D eigenvalue weighted by Crippen LogP contribution is 2.16. The normalized spacial score (nSPS) is 18.8. The SMILES string of the molecule is CC(C)(C)CN1CCC(=O)NC1=O. The molecule has 4 heteroatoms. The second-order valence-corrected chi connectivity index (χ2v) is 4.59. The highest BCUT2D eigenvalue weighted by Gasteiger charge is 2.26. The van der Waals surface area contributed by atoms with Crippen molar-refractivity contribution in [2.75, 3.05) is 13.1 Å². The van der Waals surface area contributed by atoms with Crippen molar-refractivity contribution in [3.63, 3.8) is 0 Å². The van der Waals surface area contributed by atoms with Crippen molar-refractivity contribution in [2.24, 2.45) is 5.41 Å². The molecule has 74 valence electrons. The Hall–Kier alpha value is -1.06. The maximum Gasteiger partial charge on any atom is 0.324 e. The van der Waals surface area contributed by atoms with Crippen LogP contribution in [0.1, 0.15) is 27.2 Å². The highest BCUT2D eigenvalue weighted by atomic mass is 16.2. The Balaban J connectivity index is 2.52. The molecule has 0 aromatic rings. The predicted molar refractivity (Wildman–Crippen MR) is 49.2 cm³/mol. The van der Waals surface area contributed by atoms with Crippen molar-refractivity contribution >= 4 is 11.9 Å². The van der Waals surface area contributed by atoms with E-state index in [0.717, 1.165) is 0 Å². The molecule has 0 spiro atoms. The van der Waals surface area contributed by atoms with E-state index < -0.39 is 0 Å². The van der Waals surface area contributed by atoms with E-state index in [0.29, 0.717) is 19.5 Å². The van der Waals surface area contributed by atoms with Crippen molar-refractivity contribution in [3.05, 3.63) is 0 Å². The topological polar surface area (TPSA) is 49.4 Å². The molecule has 1 fully saturated rings. The molecule has 0 aliphatic carbocycles. The first-order valence-electron chi connectivity index (χ1n) is 4.47. The quantitative estimate of drug-likeness (QED) is 0.660. The molecule has 1 saturated heterocycles. The molecule has 1 aliphatic heterocycles. The zero-order valence-corrected chi connectivity index (χ0v) is 8.39. The Morgan fingerprint density at radius 2 is 2.00 bits per heavy atom. The van der Waals surface area contributed by atoms with Gasteiger partial charge in [-0.15, -0.1) is 0 Å². The van der Waals surface area contributed by atoms with E-state index >= 15 is 0 Å². The van der Waals surface area contributed by atoms with Crippen LogP contribution >= 0.6 is 0 Å². The van der Waals surface area contributed by atoms with E-state index in [9.17, 15) is 9.59 Å². The lowest BCUT2D eigenvalue weighted by atomic mass is 9.96. The molecule has 0 aromatic heterocycles. The Labute approximate surface area is 78.3 Å². The van der Waals surface area contributed by atoms with Crippen LogP contribution in [0, 0.1) is 5.41 Å². The van der Waals surface area contributed by atoms with Gasteiger partial charge in [0, 0.05) is 19.5 Å². The lowest BCUT2D eigenvalue weighted by Gasteiger charge is -2.32. The molecule has 1 N–H and O–H groups in total. The number of hydrogen-bond acceptors (Lipinski definition) is 2. The maximum atomic E-state index is 11.3. The fraction of sp³-hybridized carbons (Fsp3) is 0.778. The fourth-order valence-corrected chi connectivity index (χ4v) is 1.32. The third-order valence-corrected chi connectivity index (χ3v) is 1.81. The van der Waals surface area contributed by atoms with E-state index in [-0.39, 0.29) is 17.4 Å². The van der Waals surface area contributed by atoms with Gasteiger partial charge in [0.15, 0.2) is 0 Å². The summed E-state index contributed by atoms with van der Waals surface area (Å²) in [7, 11) is 0. The highest BCUT2D eigenvalue weighted by molar-refractivity contribution is 5.96. The van der Waals surface area contributed by atoms with Crippen molar-refractivity contribution in [3.8, 4) is 0 Å². The van der Waals surface area contributed by atoms with Crippen LogP contribution in [-0.4, -0.2) is 29.9 Å². The Morgan fingerprint density at radius 1 is 1.38 bits per heavy atom. The number of hydrogen-bond donors (Lipinski definition) is 1. The average Bonchev–Trinajstić information content (AvgIpc) is 1.93. The minimum Gasteiger partial charge on any atom is -0.323 e. The van der Waals surface area contributed by atoms with Gasteiger partial charge < -0.3 is 4.90 Å². The minimum atomic E-state index is -0.258. The van der Waals surface area contributed by atoms with Crippen LogP contribution < -0.4 is 5.32 Å². The van der Waals surface area contributed by atoms with Crippen LogP contribution in [0.4, 0.5) is 4.79 Å². The van der Waals surface area contributed by atoms with Gasteiger partial charge in [-0.3, -0.25) is 10.1 Å². The minimum absolute atomic E-state index is 0.0811. The number of nitrogens with zero attached hydrogens (tertiary/aromatic N) is 1. The van der Waals surface area contributed by atoms with Crippen molar-refractivity contribution in [2.45, 2.75) is 27.2 Å². The van der Waals surface area contributed by atoms with Crippen LogP contribution in [0.25, 0.3) is 0 Å². The summed E-state index contributed by atoms with van der Waals surface area (Å²) >= 11 is 0. The number of rotatable bonds is 1. The molecule has 13 heavy (non-hydrogen) atoms. The van der Waals surface area contributed by atoms with E-state index in [1.165, 1.54) is 0 Å². The number of imide groups is 1. The van der Waals surface area contributed by atoms with Gasteiger partial charge in [0.05, 0.1) is 0 Å². The summed E-state index contributed by atoms with van der Waals surface area (Å²) in [5, 5.41) is 2.30. The van der Waals surface area contributed by atoms with Crippen molar-refractivity contribution in [1.29, 1.82) is 0 Å². The van der Waals surface area contributed by atoms with E-state index in [4.69, 9.17) is 0 Å². The number of urea groups is 1. The van der Waals surface area contributed by atoms with Crippen molar-refractivity contribution in [1.82, 2.24) is 10.2 Å². The smallest absolute Gasteiger partial charge is 0.323 e. The number of carbonyl (C=O) groups is 2. The van der Waals surface area contributed by atoms with Gasteiger partial charge in [0.1, 0.15) is 0 Å². The maximum absolute atomic E-state index is 11.3. The molecular weight excluding hydrogens is 168 g/mol. The molecule has 3 amide bonds. The van der Waals surface area contributed by atoms with Gasteiger partial charge in [-0.25, -0.2) is 4.79 Å². The predicted octanol–water partition coefficient (Wildman–Crippen LogP) is 0.974. The van der Waals surface area contributed by atoms with E-state index in [2.05, 4.69) is 26.1 Å². The molecule has 0 saturated carbocycles. The molecule has 0 radical (unpaired) electrons. The Bertz CT molecular complexity index is 230. The van der Waals surface area contributed by atoms with Crippen LogP contribution in [-0.2, 0) is 4.79 Å². The monoisotopic (exact) mass is 184 g/mol. The first-order chi connectivity index (χ1) is 5.88.